The van der Waals surface area contributed by atoms with Crippen molar-refractivity contribution in [1.29, 1.82) is 0 Å². The Kier molecular flexibility index (Phi) is 6.07. The molecule has 0 N–H and O–H groups in total. The number of ether oxygens (including phenoxy) is 2. The smallest absolute Gasteiger partial charge is 0.226 e. The van der Waals surface area contributed by atoms with Crippen LogP contribution in [0.25, 0.3) is 0 Å². The normalized spacial score (nSPS) is 18.4. The Hall–Kier alpha value is -1.75. The van der Waals surface area contributed by atoms with Gasteiger partial charge in [0, 0.05) is 19.1 Å². The van der Waals surface area contributed by atoms with Crippen LogP contribution in [0.15, 0.2) is 24.3 Å². The van der Waals surface area contributed by atoms with E-state index in [1.807, 2.05) is 29.2 Å². The molecule has 0 aliphatic carbocycles. The molecule has 0 aromatic heterocycles. The fourth-order valence-electron chi connectivity index (χ4n) is 2.69. The van der Waals surface area contributed by atoms with Crippen molar-refractivity contribution in [2.75, 3.05) is 40.9 Å². The van der Waals surface area contributed by atoms with Crippen LogP contribution in [-0.2, 0) is 4.79 Å². The number of likely N-dealkylation sites (N-methyl/N-ethyl adjacent to an activating group) is 1. The first-order valence-electron chi connectivity index (χ1n) is 7.81. The van der Waals surface area contributed by atoms with Gasteiger partial charge in [-0.2, -0.15) is 0 Å². The van der Waals surface area contributed by atoms with Crippen LogP contribution in [0.3, 0.4) is 0 Å². The zero-order valence-electron chi connectivity index (χ0n) is 13.7. The third-order valence-corrected chi connectivity index (χ3v) is 4.12. The standard InChI is InChI=1S/C17H26N2O3/c1-18(2)14-5-4-11-19(13-14)17(20)10-12-22-16-8-6-15(21-3)7-9-16/h6-9,14H,4-5,10-13H2,1-3H3/t14-/m1/s1. The number of methoxy groups -OCH3 is 1. The molecule has 1 aliphatic rings. The Morgan fingerprint density at radius 3 is 2.59 bits per heavy atom. The maximum absolute atomic E-state index is 12.3. The van der Waals surface area contributed by atoms with Gasteiger partial charge in [0.05, 0.1) is 20.1 Å². The topological polar surface area (TPSA) is 42.0 Å². The van der Waals surface area contributed by atoms with Crippen molar-refractivity contribution in [3.05, 3.63) is 24.3 Å². The Bertz CT molecular complexity index is 473. The van der Waals surface area contributed by atoms with E-state index >= 15 is 0 Å². The summed E-state index contributed by atoms with van der Waals surface area (Å²) in [6.07, 6.45) is 2.67. The number of carbonyl (C=O) groups is 1. The second-order valence-corrected chi connectivity index (χ2v) is 5.87. The van der Waals surface area contributed by atoms with Gasteiger partial charge in [0.1, 0.15) is 11.5 Å². The number of hydrogen-bond donors (Lipinski definition) is 0. The van der Waals surface area contributed by atoms with Gasteiger partial charge in [-0.25, -0.2) is 0 Å². The monoisotopic (exact) mass is 306 g/mol. The molecule has 0 saturated carbocycles. The molecule has 0 unspecified atom stereocenters. The third kappa shape index (κ3) is 4.63. The Morgan fingerprint density at radius 1 is 1.27 bits per heavy atom. The highest BCUT2D eigenvalue weighted by Crippen LogP contribution is 2.18. The van der Waals surface area contributed by atoms with Crippen molar-refractivity contribution in [2.24, 2.45) is 0 Å². The minimum atomic E-state index is 0.181. The molecule has 122 valence electrons. The molecule has 22 heavy (non-hydrogen) atoms. The molecule has 1 aromatic rings. The van der Waals surface area contributed by atoms with Gasteiger partial charge in [-0.3, -0.25) is 4.79 Å². The molecule has 1 aliphatic heterocycles. The van der Waals surface area contributed by atoms with Crippen LogP contribution in [0.5, 0.6) is 11.5 Å². The Labute approximate surface area is 132 Å². The molecular weight excluding hydrogens is 280 g/mol. The van der Waals surface area contributed by atoms with Crippen molar-refractivity contribution in [1.82, 2.24) is 9.80 Å². The second-order valence-electron chi connectivity index (χ2n) is 5.87. The zero-order chi connectivity index (χ0) is 15.9. The zero-order valence-corrected chi connectivity index (χ0v) is 13.7. The molecule has 5 heteroatoms. The van der Waals surface area contributed by atoms with Crippen LogP contribution >= 0.6 is 0 Å². The van der Waals surface area contributed by atoms with Crippen LogP contribution in [0.1, 0.15) is 19.3 Å². The highest BCUT2D eigenvalue weighted by molar-refractivity contribution is 5.76. The maximum Gasteiger partial charge on any atom is 0.226 e. The number of benzene rings is 1. The van der Waals surface area contributed by atoms with Gasteiger partial charge in [0.2, 0.25) is 5.91 Å². The van der Waals surface area contributed by atoms with Gasteiger partial charge in [-0.1, -0.05) is 0 Å². The van der Waals surface area contributed by atoms with Gasteiger partial charge < -0.3 is 19.3 Å². The van der Waals surface area contributed by atoms with Crippen LogP contribution in [0.2, 0.25) is 0 Å². The lowest BCUT2D eigenvalue weighted by Gasteiger charge is -2.36. The highest BCUT2D eigenvalue weighted by atomic mass is 16.5. The summed E-state index contributed by atoms with van der Waals surface area (Å²) >= 11 is 0. The van der Waals surface area contributed by atoms with Crippen molar-refractivity contribution in [2.45, 2.75) is 25.3 Å². The second kappa shape index (κ2) is 8.03. The molecule has 1 aromatic carbocycles. The molecule has 1 amide bonds. The Morgan fingerprint density at radius 2 is 1.95 bits per heavy atom. The van der Waals surface area contributed by atoms with Crippen LogP contribution in [0.4, 0.5) is 0 Å². The van der Waals surface area contributed by atoms with E-state index in [-0.39, 0.29) is 5.91 Å². The van der Waals surface area contributed by atoms with E-state index in [4.69, 9.17) is 9.47 Å². The van der Waals surface area contributed by atoms with E-state index in [0.717, 1.165) is 31.0 Å². The van der Waals surface area contributed by atoms with Crippen molar-refractivity contribution in [3.63, 3.8) is 0 Å². The third-order valence-electron chi connectivity index (χ3n) is 4.12. The number of carbonyl (C=O) groups excluding carboxylic acids is 1. The summed E-state index contributed by atoms with van der Waals surface area (Å²) in [7, 11) is 5.78. The van der Waals surface area contributed by atoms with E-state index < -0.39 is 0 Å². The molecular formula is C17H26N2O3. The minimum Gasteiger partial charge on any atom is -0.497 e. The maximum atomic E-state index is 12.3. The largest absolute Gasteiger partial charge is 0.497 e. The summed E-state index contributed by atoms with van der Waals surface area (Å²) in [5.41, 5.74) is 0. The van der Waals surface area contributed by atoms with Gasteiger partial charge in [-0.15, -0.1) is 0 Å². The number of likely N-dealkylation sites (tertiary alicyclic amines) is 1. The number of amides is 1. The molecule has 1 atom stereocenters. The SMILES string of the molecule is COc1ccc(OCCC(=O)N2CCC[C@@H](N(C)C)C2)cc1. The molecule has 1 heterocycles. The van der Waals surface area contributed by atoms with E-state index in [9.17, 15) is 4.79 Å². The van der Waals surface area contributed by atoms with Gasteiger partial charge >= 0.3 is 0 Å². The lowest BCUT2D eigenvalue weighted by Crippen LogP contribution is -2.47. The molecule has 1 fully saturated rings. The van der Waals surface area contributed by atoms with Crippen LogP contribution in [0, 0.1) is 0 Å². The molecule has 1 saturated heterocycles. The number of hydrogen-bond acceptors (Lipinski definition) is 4. The number of rotatable bonds is 6. The summed E-state index contributed by atoms with van der Waals surface area (Å²) in [5, 5.41) is 0. The summed E-state index contributed by atoms with van der Waals surface area (Å²) in [6.45, 7) is 2.11. The molecule has 0 radical (unpaired) electrons. The first-order valence-corrected chi connectivity index (χ1v) is 7.81. The first kappa shape index (κ1) is 16.6. The average Bonchev–Trinajstić information content (AvgIpc) is 2.55. The first-order chi connectivity index (χ1) is 10.6. The summed E-state index contributed by atoms with van der Waals surface area (Å²) in [4.78, 5) is 16.4. The Balaban J connectivity index is 1.75. The van der Waals surface area contributed by atoms with Gasteiger partial charge in [0.25, 0.3) is 0 Å². The molecule has 0 bridgehead atoms. The summed E-state index contributed by atoms with van der Waals surface area (Å²) in [6, 6.07) is 7.88. The minimum absolute atomic E-state index is 0.181. The van der Waals surface area contributed by atoms with Gasteiger partial charge in [0.15, 0.2) is 0 Å². The van der Waals surface area contributed by atoms with E-state index in [2.05, 4.69) is 19.0 Å². The van der Waals surface area contributed by atoms with Gasteiger partial charge in [-0.05, 0) is 51.2 Å². The predicted molar refractivity (Wildman–Crippen MR) is 86.4 cm³/mol. The fraction of sp³-hybridized carbons (Fsp3) is 0.588. The quantitative estimate of drug-likeness (QED) is 0.806. The predicted octanol–water partition coefficient (Wildman–Crippen LogP) is 2.02. The van der Waals surface area contributed by atoms with Crippen molar-refractivity contribution < 1.29 is 14.3 Å². The lowest BCUT2D eigenvalue weighted by atomic mass is 10.0. The summed E-state index contributed by atoms with van der Waals surface area (Å²) in [5.74, 6) is 1.74. The number of piperidine rings is 1. The highest BCUT2D eigenvalue weighted by Gasteiger charge is 2.24. The van der Waals surface area contributed by atoms with Crippen molar-refractivity contribution >= 4 is 5.91 Å². The van der Waals surface area contributed by atoms with Crippen LogP contribution < -0.4 is 9.47 Å². The lowest BCUT2D eigenvalue weighted by molar-refractivity contribution is -0.133. The van der Waals surface area contributed by atoms with E-state index in [1.54, 1.807) is 7.11 Å². The summed E-state index contributed by atoms with van der Waals surface area (Å²) < 4.78 is 10.7. The molecule has 2 rings (SSSR count). The number of nitrogens with zero attached hydrogens (tertiary/aromatic N) is 2. The molecule has 0 spiro atoms. The fourth-order valence-corrected chi connectivity index (χ4v) is 2.69. The van der Waals surface area contributed by atoms with E-state index in [0.29, 0.717) is 19.1 Å². The molecule has 5 nitrogen and oxygen atoms in total. The van der Waals surface area contributed by atoms with E-state index in [1.165, 1.54) is 6.42 Å². The average molecular weight is 306 g/mol. The van der Waals surface area contributed by atoms with Crippen molar-refractivity contribution in [3.8, 4) is 11.5 Å². The van der Waals surface area contributed by atoms with Crippen LogP contribution in [-0.4, -0.2) is 62.7 Å².